The maximum atomic E-state index is 13.2. The van der Waals surface area contributed by atoms with Crippen LogP contribution in [0.5, 0.6) is 0 Å². The predicted molar refractivity (Wildman–Crippen MR) is 155 cm³/mol. The molecule has 8 nitrogen and oxygen atoms in total. The average molecular weight is 565 g/mol. The van der Waals surface area contributed by atoms with Gasteiger partial charge in [0.25, 0.3) is 0 Å². The first-order valence-corrected chi connectivity index (χ1v) is 15.7. The minimum absolute atomic E-state index is 0.0157. The lowest BCUT2D eigenvalue weighted by molar-refractivity contribution is -0.128. The monoisotopic (exact) mass is 564 g/mol. The average Bonchev–Trinajstić information content (AvgIpc) is 2.90. The number of rotatable bonds is 14. The number of nitrogens with one attached hydrogen (secondary N) is 2. The number of hydrogen-bond acceptors (Lipinski definition) is 6. The smallest absolute Gasteiger partial charge is 0.224 e. The van der Waals surface area contributed by atoms with Gasteiger partial charge in [-0.15, -0.1) is 6.58 Å². The highest BCUT2D eigenvalue weighted by molar-refractivity contribution is 7.92. The van der Waals surface area contributed by atoms with Gasteiger partial charge in [-0.25, -0.2) is 8.42 Å². The molecule has 0 aliphatic heterocycles. The zero-order valence-electron chi connectivity index (χ0n) is 23.9. The molecular formula is C30H48N2O6S. The number of hydrogen-bond donors (Lipinski definition) is 4. The van der Waals surface area contributed by atoms with Gasteiger partial charge in [0.1, 0.15) is 6.10 Å². The fourth-order valence-corrected chi connectivity index (χ4v) is 6.20. The van der Waals surface area contributed by atoms with E-state index in [-0.39, 0.29) is 24.6 Å². The highest BCUT2D eigenvalue weighted by Crippen LogP contribution is 2.28. The van der Waals surface area contributed by atoms with E-state index in [4.69, 9.17) is 0 Å². The van der Waals surface area contributed by atoms with E-state index in [1.54, 1.807) is 27.7 Å². The van der Waals surface area contributed by atoms with Gasteiger partial charge in [0.2, 0.25) is 11.8 Å². The van der Waals surface area contributed by atoms with Gasteiger partial charge in [-0.3, -0.25) is 9.59 Å². The van der Waals surface area contributed by atoms with Crippen LogP contribution in [0.4, 0.5) is 0 Å². The molecule has 0 aromatic heterocycles. The van der Waals surface area contributed by atoms with Crippen molar-refractivity contribution in [1.82, 2.24) is 10.6 Å². The van der Waals surface area contributed by atoms with E-state index in [1.807, 2.05) is 30.3 Å². The van der Waals surface area contributed by atoms with Crippen LogP contribution < -0.4 is 10.6 Å². The van der Waals surface area contributed by atoms with E-state index >= 15 is 0 Å². The first kappa shape index (κ1) is 33.0. The van der Waals surface area contributed by atoms with Gasteiger partial charge < -0.3 is 20.8 Å². The van der Waals surface area contributed by atoms with Crippen LogP contribution in [0, 0.1) is 17.8 Å². The van der Waals surface area contributed by atoms with Crippen LogP contribution in [0.3, 0.4) is 0 Å². The maximum Gasteiger partial charge on any atom is 0.224 e. The zero-order valence-corrected chi connectivity index (χ0v) is 24.8. The number of carbonyl (C=O) groups excluding carboxylic acids is 2. The molecule has 9 heteroatoms. The normalized spacial score (nSPS) is 18.8. The lowest BCUT2D eigenvalue weighted by atomic mass is 9.83. The molecule has 1 aliphatic rings. The minimum atomic E-state index is -3.57. The molecule has 2 amide bonds. The van der Waals surface area contributed by atoms with Crippen molar-refractivity contribution in [3.8, 4) is 0 Å². The molecule has 1 fully saturated rings. The van der Waals surface area contributed by atoms with Crippen molar-refractivity contribution in [2.75, 3.05) is 12.3 Å². The van der Waals surface area contributed by atoms with Gasteiger partial charge in [-0.05, 0) is 45.1 Å². The first-order valence-electron chi connectivity index (χ1n) is 14.1. The Balaban J connectivity index is 2.06. The molecule has 1 saturated carbocycles. The number of amides is 2. The summed E-state index contributed by atoms with van der Waals surface area (Å²) in [5.74, 6) is -2.16. The Morgan fingerprint density at radius 1 is 1.08 bits per heavy atom. The number of aliphatic hydroxyl groups excluding tert-OH is 2. The van der Waals surface area contributed by atoms with E-state index in [2.05, 4.69) is 17.2 Å². The second kappa shape index (κ2) is 15.0. The van der Waals surface area contributed by atoms with E-state index in [1.165, 1.54) is 12.5 Å². The Morgan fingerprint density at radius 2 is 1.69 bits per heavy atom. The highest BCUT2D eigenvalue weighted by atomic mass is 32.2. The Kier molecular flexibility index (Phi) is 12.6. The summed E-state index contributed by atoms with van der Waals surface area (Å²) in [5.41, 5.74) is 0.855. The molecule has 0 heterocycles. The van der Waals surface area contributed by atoms with Crippen LogP contribution in [0.1, 0.15) is 71.8 Å². The number of sulfone groups is 1. The summed E-state index contributed by atoms with van der Waals surface area (Å²) in [4.78, 5) is 26.3. The van der Waals surface area contributed by atoms with Crippen LogP contribution in [-0.4, -0.2) is 65.7 Å². The summed E-state index contributed by atoms with van der Waals surface area (Å²) in [6.45, 7) is 10.1. The molecule has 4 N–H and O–H groups in total. The fourth-order valence-electron chi connectivity index (χ4n) is 4.90. The number of aliphatic hydroxyl groups is 2. The standard InChI is InChI=1S/C30H48N2O6S/c1-6-26(33)27(34)25(18-23-15-11-8-12-16-23)32-28(35)21(2)19-31-29(36)24(17-22-13-9-7-10-14-22)20-39(37,38)30(3,4)5/h6-7,9-10,13-14,21,23-27,33-34H,1,8,11-12,15-20H2,2-5H3,(H,31,36)(H,32,35)/t21-,24-,25+,26+,27-/m1/s1. The molecule has 39 heavy (non-hydrogen) atoms. The molecule has 1 aromatic carbocycles. The van der Waals surface area contributed by atoms with Gasteiger partial charge in [-0.2, -0.15) is 0 Å². The van der Waals surface area contributed by atoms with Crippen molar-refractivity contribution in [3.05, 3.63) is 48.6 Å². The molecule has 0 spiro atoms. The molecule has 2 rings (SSSR count). The predicted octanol–water partition coefficient (Wildman–Crippen LogP) is 3.17. The molecule has 1 aliphatic carbocycles. The Morgan fingerprint density at radius 3 is 2.26 bits per heavy atom. The topological polar surface area (TPSA) is 133 Å². The molecule has 1 aromatic rings. The molecule has 0 saturated heterocycles. The quantitative estimate of drug-likeness (QED) is 0.257. The molecule has 0 radical (unpaired) electrons. The van der Waals surface area contributed by atoms with Crippen molar-refractivity contribution >= 4 is 21.7 Å². The Bertz CT molecular complexity index is 1030. The maximum absolute atomic E-state index is 13.2. The van der Waals surface area contributed by atoms with Crippen LogP contribution >= 0.6 is 0 Å². The summed E-state index contributed by atoms with van der Waals surface area (Å²) in [5, 5.41) is 26.5. The number of benzene rings is 1. The lowest BCUT2D eigenvalue weighted by Crippen LogP contribution is -2.51. The largest absolute Gasteiger partial charge is 0.388 e. The Hall–Kier alpha value is -2.23. The van der Waals surface area contributed by atoms with Crippen LogP contribution in [0.25, 0.3) is 0 Å². The molecule has 0 unspecified atom stereocenters. The van der Waals surface area contributed by atoms with E-state index < -0.39 is 50.6 Å². The molecular weight excluding hydrogens is 516 g/mol. The second-order valence-corrected chi connectivity index (χ2v) is 14.8. The van der Waals surface area contributed by atoms with Crippen molar-refractivity contribution in [3.63, 3.8) is 0 Å². The SMILES string of the molecule is C=C[C@H](O)[C@H](O)[C@H](CC1CCCCC1)NC(=O)[C@H](C)CNC(=O)[C@H](Cc1ccccc1)CS(=O)(=O)C(C)(C)C. The van der Waals surface area contributed by atoms with Crippen molar-refractivity contribution in [1.29, 1.82) is 0 Å². The first-order chi connectivity index (χ1) is 18.2. The van der Waals surface area contributed by atoms with Gasteiger partial charge in [0.15, 0.2) is 9.84 Å². The van der Waals surface area contributed by atoms with Crippen molar-refractivity contribution in [2.45, 2.75) is 95.6 Å². The lowest BCUT2D eigenvalue weighted by Gasteiger charge is -2.32. The van der Waals surface area contributed by atoms with Crippen molar-refractivity contribution in [2.24, 2.45) is 17.8 Å². The Labute approximate surface area is 234 Å². The molecule has 0 bridgehead atoms. The molecule has 5 atom stereocenters. The number of carbonyl (C=O) groups is 2. The summed E-state index contributed by atoms with van der Waals surface area (Å²) in [7, 11) is -3.57. The van der Waals surface area contributed by atoms with Crippen LogP contribution in [0.2, 0.25) is 0 Å². The third kappa shape index (κ3) is 10.4. The third-order valence-corrected chi connectivity index (χ3v) is 10.4. The van der Waals surface area contributed by atoms with E-state index in [9.17, 15) is 28.2 Å². The summed E-state index contributed by atoms with van der Waals surface area (Å²) >= 11 is 0. The summed E-state index contributed by atoms with van der Waals surface area (Å²) in [6.07, 6.45) is 5.18. The van der Waals surface area contributed by atoms with Gasteiger partial charge in [-0.1, -0.05) is 75.4 Å². The summed E-state index contributed by atoms with van der Waals surface area (Å²) < 4.78 is 24.9. The minimum Gasteiger partial charge on any atom is -0.388 e. The van der Waals surface area contributed by atoms with Crippen LogP contribution in [0.15, 0.2) is 43.0 Å². The highest BCUT2D eigenvalue weighted by Gasteiger charge is 2.35. The fraction of sp³-hybridized carbons (Fsp3) is 0.667. The van der Waals surface area contributed by atoms with Gasteiger partial charge in [0, 0.05) is 6.54 Å². The van der Waals surface area contributed by atoms with Gasteiger partial charge >= 0.3 is 0 Å². The van der Waals surface area contributed by atoms with Gasteiger partial charge in [0.05, 0.1) is 34.5 Å². The summed E-state index contributed by atoms with van der Waals surface area (Å²) in [6, 6.07) is 8.62. The molecule has 220 valence electrons. The van der Waals surface area contributed by atoms with Crippen LogP contribution in [-0.2, 0) is 25.8 Å². The van der Waals surface area contributed by atoms with E-state index in [0.29, 0.717) is 12.3 Å². The third-order valence-electron chi connectivity index (χ3n) is 7.72. The zero-order chi connectivity index (χ0) is 29.2. The van der Waals surface area contributed by atoms with Crippen molar-refractivity contribution < 1.29 is 28.2 Å². The van der Waals surface area contributed by atoms with E-state index in [0.717, 1.165) is 31.2 Å². The second-order valence-electron chi connectivity index (χ2n) is 12.0.